The summed E-state index contributed by atoms with van der Waals surface area (Å²) in [6.07, 6.45) is 1.15. The minimum atomic E-state index is -4.11. The van der Waals surface area contributed by atoms with E-state index in [4.69, 9.17) is 21.1 Å². The molecule has 0 aliphatic carbocycles. The molecule has 4 rings (SSSR count). The maximum Gasteiger partial charge on any atom is 0.243 e. The Morgan fingerprint density at radius 1 is 1.06 bits per heavy atom. The molecule has 2 aromatic carbocycles. The first-order chi connectivity index (χ1) is 16.7. The van der Waals surface area contributed by atoms with Crippen LogP contribution in [0.2, 0.25) is 5.02 Å². The maximum atomic E-state index is 13.8. The number of amides is 1. The quantitative estimate of drug-likeness (QED) is 0.547. The van der Waals surface area contributed by atoms with E-state index in [-0.39, 0.29) is 36.9 Å². The van der Waals surface area contributed by atoms with Crippen molar-refractivity contribution in [3.63, 3.8) is 0 Å². The highest BCUT2D eigenvalue weighted by atomic mass is 35.5. The molecule has 0 radical (unpaired) electrons. The van der Waals surface area contributed by atoms with Gasteiger partial charge in [-0.15, -0.1) is 0 Å². The molecule has 190 valence electrons. The van der Waals surface area contributed by atoms with Crippen molar-refractivity contribution >= 4 is 27.5 Å². The van der Waals surface area contributed by atoms with Crippen LogP contribution in [0.4, 0.5) is 8.78 Å². The van der Waals surface area contributed by atoms with Crippen molar-refractivity contribution in [3.05, 3.63) is 59.1 Å². The number of morpholine rings is 1. The van der Waals surface area contributed by atoms with Crippen LogP contribution in [-0.4, -0.2) is 69.5 Å². The van der Waals surface area contributed by atoms with Crippen LogP contribution in [0, 0.1) is 17.0 Å². The molecule has 7 nitrogen and oxygen atoms in total. The van der Waals surface area contributed by atoms with E-state index in [1.165, 1.54) is 4.31 Å². The second kappa shape index (κ2) is 10.8. The van der Waals surface area contributed by atoms with Crippen LogP contribution < -0.4 is 4.74 Å². The lowest BCUT2D eigenvalue weighted by molar-refractivity contribution is -0.139. The first-order valence-corrected chi connectivity index (χ1v) is 13.2. The number of hydrogen-bond donors (Lipinski definition) is 0. The molecule has 2 aliphatic heterocycles. The maximum absolute atomic E-state index is 13.8. The van der Waals surface area contributed by atoms with Gasteiger partial charge in [0, 0.05) is 43.0 Å². The van der Waals surface area contributed by atoms with Crippen molar-refractivity contribution < 1.29 is 31.5 Å². The SMILES string of the molecule is O=C(C[C@@]1(COc2ccc(Cl)cc2)CCCN(S(=O)(=O)c2ccc(F)c(F)c2)C1)N1CCOCC1. The van der Waals surface area contributed by atoms with Crippen molar-refractivity contribution in [2.24, 2.45) is 5.41 Å². The largest absolute Gasteiger partial charge is 0.493 e. The van der Waals surface area contributed by atoms with E-state index in [0.717, 1.165) is 12.1 Å². The van der Waals surface area contributed by atoms with Crippen molar-refractivity contribution in [2.45, 2.75) is 24.2 Å². The smallest absolute Gasteiger partial charge is 0.243 e. The van der Waals surface area contributed by atoms with E-state index in [0.29, 0.717) is 56.0 Å². The van der Waals surface area contributed by atoms with E-state index in [9.17, 15) is 22.0 Å². The number of carbonyl (C=O) groups is 1. The Kier molecular flexibility index (Phi) is 7.95. The summed E-state index contributed by atoms with van der Waals surface area (Å²) < 4.78 is 66.4. The van der Waals surface area contributed by atoms with Crippen molar-refractivity contribution in [2.75, 3.05) is 46.0 Å². The summed E-state index contributed by atoms with van der Waals surface area (Å²) in [5.41, 5.74) is -0.807. The summed E-state index contributed by atoms with van der Waals surface area (Å²) in [6, 6.07) is 9.31. The van der Waals surface area contributed by atoms with Gasteiger partial charge in [0.1, 0.15) is 5.75 Å². The normalized spacial score (nSPS) is 21.6. The number of ether oxygens (including phenoxy) is 2. The van der Waals surface area contributed by atoms with E-state index in [1.54, 1.807) is 29.2 Å². The van der Waals surface area contributed by atoms with Gasteiger partial charge in [0.25, 0.3) is 0 Å². The Morgan fingerprint density at radius 3 is 2.46 bits per heavy atom. The molecule has 11 heteroatoms. The third-order valence-electron chi connectivity index (χ3n) is 6.40. The fraction of sp³-hybridized carbons (Fsp3) is 0.458. The molecule has 2 heterocycles. The Bertz CT molecular complexity index is 1160. The first kappa shape index (κ1) is 25.8. The van der Waals surface area contributed by atoms with Crippen LogP contribution in [0.3, 0.4) is 0 Å². The van der Waals surface area contributed by atoms with E-state index >= 15 is 0 Å². The molecular formula is C24H27ClF2N2O5S. The number of hydrogen-bond acceptors (Lipinski definition) is 5. The number of rotatable bonds is 7. The molecule has 0 bridgehead atoms. The van der Waals surface area contributed by atoms with Gasteiger partial charge in [-0.25, -0.2) is 17.2 Å². The number of benzene rings is 2. The molecule has 35 heavy (non-hydrogen) atoms. The zero-order valence-electron chi connectivity index (χ0n) is 19.1. The van der Waals surface area contributed by atoms with Gasteiger partial charge < -0.3 is 14.4 Å². The molecule has 0 saturated carbocycles. The number of carbonyl (C=O) groups excluding carboxylic acids is 1. The molecule has 0 N–H and O–H groups in total. The van der Waals surface area contributed by atoms with Gasteiger partial charge in [0.2, 0.25) is 15.9 Å². The first-order valence-electron chi connectivity index (χ1n) is 11.4. The van der Waals surface area contributed by atoms with E-state index < -0.39 is 27.1 Å². The molecule has 0 aromatic heterocycles. The summed E-state index contributed by atoms with van der Waals surface area (Å²) >= 11 is 5.95. The fourth-order valence-corrected chi connectivity index (χ4v) is 6.21. The number of halogens is 3. The van der Waals surface area contributed by atoms with Gasteiger partial charge in [0.05, 0.1) is 24.7 Å². The monoisotopic (exact) mass is 528 g/mol. The molecular weight excluding hydrogens is 502 g/mol. The topological polar surface area (TPSA) is 76.2 Å². The second-order valence-electron chi connectivity index (χ2n) is 8.93. The van der Waals surface area contributed by atoms with Crippen LogP contribution in [0.25, 0.3) is 0 Å². The Hall–Kier alpha value is -2.27. The average molecular weight is 529 g/mol. The van der Waals surface area contributed by atoms with Gasteiger partial charge in [0.15, 0.2) is 11.6 Å². The predicted octanol–water partition coefficient (Wildman–Crippen LogP) is 3.72. The lowest BCUT2D eigenvalue weighted by Crippen LogP contribution is -2.51. The molecule has 0 spiro atoms. The highest BCUT2D eigenvalue weighted by Gasteiger charge is 2.43. The van der Waals surface area contributed by atoms with Gasteiger partial charge in [-0.1, -0.05) is 11.6 Å². The third kappa shape index (κ3) is 6.11. The highest BCUT2D eigenvalue weighted by Crippen LogP contribution is 2.37. The van der Waals surface area contributed by atoms with Gasteiger partial charge in [-0.3, -0.25) is 4.79 Å². The van der Waals surface area contributed by atoms with Crippen molar-refractivity contribution in [3.8, 4) is 5.75 Å². The fourth-order valence-electron chi connectivity index (χ4n) is 4.48. The highest BCUT2D eigenvalue weighted by molar-refractivity contribution is 7.89. The van der Waals surface area contributed by atoms with Crippen LogP contribution in [-0.2, 0) is 19.6 Å². The second-order valence-corrected chi connectivity index (χ2v) is 11.3. The Labute approximate surface area is 208 Å². The van der Waals surface area contributed by atoms with Gasteiger partial charge in [-0.2, -0.15) is 4.31 Å². The third-order valence-corrected chi connectivity index (χ3v) is 8.50. The van der Waals surface area contributed by atoms with Crippen LogP contribution >= 0.6 is 11.6 Å². The molecule has 2 saturated heterocycles. The molecule has 1 atom stereocenters. The molecule has 2 aromatic rings. The summed E-state index contributed by atoms with van der Waals surface area (Å²) in [7, 11) is -4.11. The standard InChI is InChI=1S/C24H27ClF2N2O5S/c25-18-2-4-19(5-3-18)34-17-24(15-23(30)28-10-12-33-13-11-28)8-1-9-29(16-24)35(31,32)20-6-7-21(26)22(27)14-20/h2-7,14H,1,8-13,15-17H2/t24-/m0/s1. The van der Waals surface area contributed by atoms with Crippen molar-refractivity contribution in [1.82, 2.24) is 9.21 Å². The Morgan fingerprint density at radius 2 is 1.77 bits per heavy atom. The minimum Gasteiger partial charge on any atom is -0.493 e. The number of sulfonamides is 1. The predicted molar refractivity (Wildman–Crippen MR) is 126 cm³/mol. The summed E-state index contributed by atoms with van der Waals surface area (Å²) in [5.74, 6) is -1.90. The zero-order chi connectivity index (χ0) is 25.1. The summed E-state index contributed by atoms with van der Waals surface area (Å²) in [6.45, 7) is 2.18. The summed E-state index contributed by atoms with van der Waals surface area (Å²) in [5, 5.41) is 0.552. The van der Waals surface area contributed by atoms with E-state index in [2.05, 4.69) is 0 Å². The van der Waals surface area contributed by atoms with Crippen LogP contribution in [0.15, 0.2) is 47.4 Å². The molecule has 0 unspecified atom stereocenters. The lowest BCUT2D eigenvalue weighted by Gasteiger charge is -2.42. The molecule has 1 amide bonds. The zero-order valence-corrected chi connectivity index (χ0v) is 20.7. The Balaban J connectivity index is 1.58. The number of piperidine rings is 1. The molecule has 2 fully saturated rings. The summed E-state index contributed by atoms with van der Waals surface area (Å²) in [4.78, 5) is 14.6. The van der Waals surface area contributed by atoms with Crippen molar-refractivity contribution in [1.29, 1.82) is 0 Å². The lowest BCUT2D eigenvalue weighted by atomic mass is 9.78. The van der Waals surface area contributed by atoms with Gasteiger partial charge >= 0.3 is 0 Å². The van der Waals surface area contributed by atoms with Gasteiger partial charge in [-0.05, 0) is 55.3 Å². The number of nitrogens with zero attached hydrogens (tertiary/aromatic N) is 2. The molecule has 2 aliphatic rings. The van der Waals surface area contributed by atoms with E-state index in [1.807, 2.05) is 0 Å². The average Bonchev–Trinajstić information content (AvgIpc) is 2.86. The van der Waals surface area contributed by atoms with Crippen LogP contribution in [0.1, 0.15) is 19.3 Å². The minimum absolute atomic E-state index is 0.0119. The van der Waals surface area contributed by atoms with Crippen LogP contribution in [0.5, 0.6) is 5.75 Å².